The molecule has 0 aliphatic rings. The molecule has 0 spiro atoms. The standard InChI is InChI=1S/C15H18BrFN4/c1-4-18-14-13(16)15(20-9-19-14)21(3)10(2)11-7-5-6-8-12(11)17/h5-10H,4H2,1-3H3,(H,18,19,20). The van der Waals surface area contributed by atoms with Crippen LogP contribution in [0.1, 0.15) is 25.5 Å². The molecule has 4 nitrogen and oxygen atoms in total. The highest BCUT2D eigenvalue weighted by atomic mass is 79.9. The van der Waals surface area contributed by atoms with Crippen LogP contribution >= 0.6 is 15.9 Å². The van der Waals surface area contributed by atoms with Crippen molar-refractivity contribution in [3.05, 3.63) is 46.4 Å². The Morgan fingerprint density at radius 3 is 2.71 bits per heavy atom. The van der Waals surface area contributed by atoms with Gasteiger partial charge in [-0.1, -0.05) is 18.2 Å². The third-order valence-corrected chi connectivity index (χ3v) is 4.12. The molecule has 2 aromatic rings. The molecule has 1 N–H and O–H groups in total. The maximum Gasteiger partial charge on any atom is 0.148 e. The molecule has 0 aliphatic heterocycles. The van der Waals surface area contributed by atoms with Gasteiger partial charge in [-0.25, -0.2) is 14.4 Å². The predicted molar refractivity (Wildman–Crippen MR) is 87.1 cm³/mol. The summed E-state index contributed by atoms with van der Waals surface area (Å²) < 4.78 is 14.7. The van der Waals surface area contributed by atoms with Crippen molar-refractivity contribution in [1.29, 1.82) is 0 Å². The van der Waals surface area contributed by atoms with E-state index in [9.17, 15) is 4.39 Å². The highest BCUT2D eigenvalue weighted by Crippen LogP contribution is 2.33. The van der Waals surface area contributed by atoms with Crippen molar-refractivity contribution < 1.29 is 4.39 Å². The van der Waals surface area contributed by atoms with Gasteiger partial charge in [0.1, 0.15) is 28.3 Å². The smallest absolute Gasteiger partial charge is 0.148 e. The maximum absolute atomic E-state index is 13.9. The van der Waals surface area contributed by atoms with E-state index < -0.39 is 0 Å². The zero-order chi connectivity index (χ0) is 15.4. The van der Waals surface area contributed by atoms with Crippen molar-refractivity contribution >= 4 is 27.6 Å². The van der Waals surface area contributed by atoms with E-state index in [1.54, 1.807) is 12.1 Å². The van der Waals surface area contributed by atoms with Gasteiger partial charge >= 0.3 is 0 Å². The molecule has 1 unspecified atom stereocenters. The molecule has 1 aromatic carbocycles. The molecule has 6 heteroatoms. The van der Waals surface area contributed by atoms with Gasteiger partial charge in [-0.15, -0.1) is 0 Å². The van der Waals surface area contributed by atoms with Gasteiger partial charge in [0.05, 0.1) is 6.04 Å². The van der Waals surface area contributed by atoms with Crippen molar-refractivity contribution in [2.75, 3.05) is 23.8 Å². The quantitative estimate of drug-likeness (QED) is 0.882. The Morgan fingerprint density at radius 1 is 1.33 bits per heavy atom. The summed E-state index contributed by atoms with van der Waals surface area (Å²) in [6.07, 6.45) is 1.50. The second-order valence-corrected chi connectivity index (χ2v) is 5.49. The highest BCUT2D eigenvalue weighted by molar-refractivity contribution is 9.10. The first-order valence-corrected chi connectivity index (χ1v) is 7.57. The van der Waals surface area contributed by atoms with Crippen molar-refractivity contribution in [2.45, 2.75) is 19.9 Å². The highest BCUT2D eigenvalue weighted by Gasteiger charge is 2.20. The van der Waals surface area contributed by atoms with E-state index in [2.05, 4.69) is 31.2 Å². The van der Waals surface area contributed by atoms with Gasteiger partial charge in [-0.3, -0.25) is 0 Å². The number of anilines is 2. The van der Waals surface area contributed by atoms with Gasteiger partial charge in [0, 0.05) is 19.2 Å². The van der Waals surface area contributed by atoms with Crippen LogP contribution < -0.4 is 10.2 Å². The minimum Gasteiger partial charge on any atom is -0.369 e. The lowest BCUT2D eigenvalue weighted by molar-refractivity contribution is 0.584. The molecule has 2 rings (SSSR count). The van der Waals surface area contributed by atoms with Gasteiger partial charge in [0.2, 0.25) is 0 Å². The lowest BCUT2D eigenvalue weighted by Crippen LogP contribution is -2.24. The maximum atomic E-state index is 13.9. The van der Waals surface area contributed by atoms with Gasteiger partial charge in [0.25, 0.3) is 0 Å². The molecule has 0 amide bonds. The van der Waals surface area contributed by atoms with Crippen molar-refractivity contribution in [1.82, 2.24) is 9.97 Å². The third-order valence-electron chi connectivity index (χ3n) is 3.39. The minimum atomic E-state index is -0.214. The molecule has 1 atom stereocenters. The van der Waals surface area contributed by atoms with E-state index in [4.69, 9.17) is 0 Å². The first-order chi connectivity index (χ1) is 10.1. The summed E-state index contributed by atoms with van der Waals surface area (Å²) in [5.41, 5.74) is 0.635. The fourth-order valence-electron chi connectivity index (χ4n) is 2.10. The van der Waals surface area contributed by atoms with Crippen LogP contribution in [-0.2, 0) is 0 Å². The molecule has 1 aromatic heterocycles. The molecular formula is C15H18BrFN4. The van der Waals surface area contributed by atoms with E-state index in [1.807, 2.05) is 31.9 Å². The molecule has 0 radical (unpaired) electrons. The molecule has 0 bridgehead atoms. The normalized spacial score (nSPS) is 12.0. The second-order valence-electron chi connectivity index (χ2n) is 4.70. The van der Waals surface area contributed by atoms with Gasteiger partial charge in [-0.2, -0.15) is 0 Å². The van der Waals surface area contributed by atoms with Crippen LogP contribution in [0.25, 0.3) is 0 Å². The summed E-state index contributed by atoms with van der Waals surface area (Å²) in [6.45, 7) is 4.71. The second kappa shape index (κ2) is 6.85. The van der Waals surface area contributed by atoms with Crippen LogP contribution in [0.15, 0.2) is 35.1 Å². The van der Waals surface area contributed by atoms with Crippen LogP contribution in [0, 0.1) is 5.82 Å². The van der Waals surface area contributed by atoms with Crippen molar-refractivity contribution in [3.8, 4) is 0 Å². The lowest BCUT2D eigenvalue weighted by atomic mass is 10.1. The number of hydrogen-bond donors (Lipinski definition) is 1. The number of rotatable bonds is 5. The molecule has 0 fully saturated rings. The summed E-state index contributed by atoms with van der Waals surface area (Å²) in [5, 5.41) is 3.16. The zero-order valence-corrected chi connectivity index (χ0v) is 13.9. The van der Waals surface area contributed by atoms with Crippen LogP contribution in [0.5, 0.6) is 0 Å². The van der Waals surface area contributed by atoms with Crippen LogP contribution in [-0.4, -0.2) is 23.6 Å². The first-order valence-electron chi connectivity index (χ1n) is 6.77. The fourth-order valence-corrected chi connectivity index (χ4v) is 2.73. The van der Waals surface area contributed by atoms with Crippen LogP contribution in [0.4, 0.5) is 16.0 Å². The lowest BCUT2D eigenvalue weighted by Gasteiger charge is -2.27. The SMILES string of the molecule is CCNc1ncnc(N(C)C(C)c2ccccc2F)c1Br. The molecule has 0 saturated heterocycles. The summed E-state index contributed by atoms with van der Waals surface area (Å²) in [7, 11) is 1.89. The molecule has 21 heavy (non-hydrogen) atoms. The Bertz CT molecular complexity index is 620. The van der Waals surface area contributed by atoms with E-state index in [1.165, 1.54) is 12.4 Å². The van der Waals surface area contributed by atoms with Gasteiger partial charge < -0.3 is 10.2 Å². The molecule has 0 aliphatic carbocycles. The number of hydrogen-bond acceptors (Lipinski definition) is 4. The number of halogens is 2. The Labute approximate surface area is 132 Å². The van der Waals surface area contributed by atoms with Crippen molar-refractivity contribution in [2.24, 2.45) is 0 Å². The number of nitrogens with one attached hydrogen (secondary N) is 1. The zero-order valence-electron chi connectivity index (χ0n) is 12.3. The average Bonchev–Trinajstić information content (AvgIpc) is 2.49. The van der Waals surface area contributed by atoms with E-state index in [-0.39, 0.29) is 11.9 Å². The average molecular weight is 353 g/mol. The fraction of sp³-hybridized carbons (Fsp3) is 0.333. The summed E-state index contributed by atoms with van der Waals surface area (Å²) >= 11 is 3.52. The Balaban J connectivity index is 2.34. The largest absolute Gasteiger partial charge is 0.369 e. The number of aromatic nitrogens is 2. The Kier molecular flexibility index (Phi) is 5.12. The van der Waals surface area contributed by atoms with Crippen LogP contribution in [0.2, 0.25) is 0 Å². The topological polar surface area (TPSA) is 41.1 Å². The molecule has 112 valence electrons. The molecule has 0 saturated carbocycles. The van der Waals surface area contributed by atoms with E-state index in [0.717, 1.165) is 22.7 Å². The first kappa shape index (κ1) is 15.7. The molecular weight excluding hydrogens is 335 g/mol. The van der Waals surface area contributed by atoms with Gasteiger partial charge in [-0.05, 0) is 35.8 Å². The van der Waals surface area contributed by atoms with Crippen LogP contribution in [0.3, 0.4) is 0 Å². The number of nitrogens with zero attached hydrogens (tertiary/aromatic N) is 3. The predicted octanol–water partition coefficient (Wildman–Crippen LogP) is 4.01. The Morgan fingerprint density at radius 2 is 2.05 bits per heavy atom. The minimum absolute atomic E-state index is 0.146. The van der Waals surface area contributed by atoms with Crippen molar-refractivity contribution in [3.63, 3.8) is 0 Å². The third kappa shape index (κ3) is 3.32. The number of benzene rings is 1. The monoisotopic (exact) mass is 352 g/mol. The summed E-state index contributed by atoms with van der Waals surface area (Å²) in [4.78, 5) is 10.4. The Hall–Kier alpha value is -1.69. The van der Waals surface area contributed by atoms with E-state index in [0.29, 0.717) is 5.56 Å². The summed E-state index contributed by atoms with van der Waals surface area (Å²) in [6, 6.07) is 6.64. The van der Waals surface area contributed by atoms with Gasteiger partial charge in [0.15, 0.2) is 0 Å². The molecule has 1 heterocycles. The summed E-state index contributed by atoms with van der Waals surface area (Å²) in [5.74, 6) is 1.24. The van der Waals surface area contributed by atoms with E-state index >= 15 is 0 Å².